The molecule has 3 heteroatoms. The minimum atomic E-state index is -0.0728. The number of carbonyl (C=O) groups is 1. The SMILES string of the molecule is C=C(CC)COC1CCC(C(=O)OC)CC1. The van der Waals surface area contributed by atoms with Crippen molar-refractivity contribution in [2.75, 3.05) is 13.7 Å². The number of methoxy groups -OCH3 is 1. The number of carbonyl (C=O) groups excluding carboxylic acids is 1. The minimum absolute atomic E-state index is 0.0728. The summed E-state index contributed by atoms with van der Waals surface area (Å²) in [6.07, 6.45) is 4.95. The summed E-state index contributed by atoms with van der Waals surface area (Å²) in [6, 6.07) is 0. The topological polar surface area (TPSA) is 35.5 Å². The molecule has 0 aromatic carbocycles. The maximum atomic E-state index is 11.3. The largest absolute Gasteiger partial charge is 0.469 e. The van der Waals surface area contributed by atoms with E-state index in [1.807, 2.05) is 0 Å². The van der Waals surface area contributed by atoms with Gasteiger partial charge in [0.25, 0.3) is 0 Å². The van der Waals surface area contributed by atoms with Gasteiger partial charge in [-0.05, 0) is 32.1 Å². The first-order valence-corrected chi connectivity index (χ1v) is 6.03. The van der Waals surface area contributed by atoms with Gasteiger partial charge in [-0.1, -0.05) is 19.1 Å². The highest BCUT2D eigenvalue weighted by Crippen LogP contribution is 2.27. The van der Waals surface area contributed by atoms with Crippen molar-refractivity contribution in [3.05, 3.63) is 12.2 Å². The Morgan fingerprint density at radius 3 is 2.44 bits per heavy atom. The molecular weight excluding hydrogens is 204 g/mol. The molecule has 0 aromatic rings. The van der Waals surface area contributed by atoms with Gasteiger partial charge in [0.1, 0.15) is 0 Å². The molecule has 92 valence electrons. The molecule has 0 aromatic heterocycles. The van der Waals surface area contributed by atoms with Crippen LogP contribution < -0.4 is 0 Å². The molecule has 16 heavy (non-hydrogen) atoms. The van der Waals surface area contributed by atoms with Crippen LogP contribution in [0.25, 0.3) is 0 Å². The van der Waals surface area contributed by atoms with Crippen LogP contribution in [0.2, 0.25) is 0 Å². The van der Waals surface area contributed by atoms with Crippen molar-refractivity contribution in [2.24, 2.45) is 5.92 Å². The number of ether oxygens (including phenoxy) is 2. The van der Waals surface area contributed by atoms with Gasteiger partial charge in [0, 0.05) is 0 Å². The van der Waals surface area contributed by atoms with Crippen LogP contribution in [0.5, 0.6) is 0 Å². The Kier molecular flexibility index (Phi) is 5.53. The van der Waals surface area contributed by atoms with Crippen LogP contribution in [0.4, 0.5) is 0 Å². The van der Waals surface area contributed by atoms with Crippen molar-refractivity contribution in [3.8, 4) is 0 Å². The quantitative estimate of drug-likeness (QED) is 0.534. The van der Waals surface area contributed by atoms with Gasteiger partial charge in [0.2, 0.25) is 0 Å². The maximum Gasteiger partial charge on any atom is 0.308 e. The van der Waals surface area contributed by atoms with Gasteiger partial charge in [-0.15, -0.1) is 0 Å². The molecule has 0 radical (unpaired) electrons. The molecule has 0 atom stereocenters. The highest BCUT2D eigenvalue weighted by Gasteiger charge is 2.27. The van der Waals surface area contributed by atoms with Crippen LogP contribution in [0.1, 0.15) is 39.0 Å². The molecule has 1 rings (SSSR count). The second-order valence-electron chi connectivity index (χ2n) is 4.41. The van der Waals surface area contributed by atoms with Gasteiger partial charge in [0.15, 0.2) is 0 Å². The third-order valence-corrected chi connectivity index (χ3v) is 3.23. The van der Waals surface area contributed by atoms with E-state index in [1.165, 1.54) is 7.11 Å². The summed E-state index contributed by atoms with van der Waals surface area (Å²) in [5.74, 6) is 0.00986. The highest BCUT2D eigenvalue weighted by atomic mass is 16.5. The summed E-state index contributed by atoms with van der Waals surface area (Å²) >= 11 is 0. The van der Waals surface area contributed by atoms with E-state index in [0.717, 1.165) is 37.7 Å². The van der Waals surface area contributed by atoms with E-state index in [-0.39, 0.29) is 11.9 Å². The predicted octanol–water partition coefficient (Wildman–Crippen LogP) is 2.70. The molecule has 1 fully saturated rings. The standard InChI is InChI=1S/C13H22O3/c1-4-10(2)9-16-12-7-5-11(6-8-12)13(14)15-3/h11-12H,2,4-9H2,1,3H3. The average Bonchev–Trinajstić information content (AvgIpc) is 2.35. The lowest BCUT2D eigenvalue weighted by atomic mass is 9.87. The summed E-state index contributed by atoms with van der Waals surface area (Å²) in [5.41, 5.74) is 1.13. The van der Waals surface area contributed by atoms with E-state index in [1.54, 1.807) is 0 Å². The molecule has 0 aliphatic heterocycles. The van der Waals surface area contributed by atoms with Gasteiger partial charge in [-0.25, -0.2) is 0 Å². The Morgan fingerprint density at radius 1 is 1.31 bits per heavy atom. The lowest BCUT2D eigenvalue weighted by Crippen LogP contribution is -2.27. The second-order valence-corrected chi connectivity index (χ2v) is 4.41. The van der Waals surface area contributed by atoms with Crippen molar-refractivity contribution in [2.45, 2.75) is 45.1 Å². The summed E-state index contributed by atoms with van der Waals surface area (Å²) in [4.78, 5) is 11.3. The number of hydrogen-bond acceptors (Lipinski definition) is 3. The van der Waals surface area contributed by atoms with E-state index in [0.29, 0.717) is 12.7 Å². The lowest BCUT2D eigenvalue weighted by molar-refractivity contribution is -0.147. The van der Waals surface area contributed by atoms with Crippen molar-refractivity contribution in [1.82, 2.24) is 0 Å². The fourth-order valence-electron chi connectivity index (χ4n) is 1.97. The van der Waals surface area contributed by atoms with E-state index >= 15 is 0 Å². The van der Waals surface area contributed by atoms with Gasteiger partial charge in [0.05, 0.1) is 25.7 Å². The predicted molar refractivity (Wildman–Crippen MR) is 63.1 cm³/mol. The molecular formula is C13H22O3. The highest BCUT2D eigenvalue weighted by molar-refractivity contribution is 5.72. The number of hydrogen-bond donors (Lipinski definition) is 0. The zero-order valence-corrected chi connectivity index (χ0v) is 10.3. The first kappa shape index (κ1) is 13.2. The van der Waals surface area contributed by atoms with Crippen molar-refractivity contribution < 1.29 is 14.3 Å². The van der Waals surface area contributed by atoms with E-state index in [2.05, 4.69) is 13.5 Å². The molecule has 0 heterocycles. The summed E-state index contributed by atoms with van der Waals surface area (Å²) in [6.45, 7) is 6.65. The van der Waals surface area contributed by atoms with Gasteiger partial charge >= 0.3 is 5.97 Å². The zero-order chi connectivity index (χ0) is 12.0. The first-order valence-electron chi connectivity index (χ1n) is 6.03. The van der Waals surface area contributed by atoms with Crippen LogP contribution in [0.3, 0.4) is 0 Å². The Balaban J connectivity index is 2.22. The summed E-state index contributed by atoms with van der Waals surface area (Å²) in [5, 5.41) is 0. The molecule has 1 aliphatic rings. The Hall–Kier alpha value is -0.830. The molecule has 1 saturated carbocycles. The van der Waals surface area contributed by atoms with Gasteiger partial charge < -0.3 is 9.47 Å². The molecule has 0 saturated heterocycles. The fraction of sp³-hybridized carbons (Fsp3) is 0.769. The molecule has 0 bridgehead atoms. The second kappa shape index (κ2) is 6.69. The molecule has 0 amide bonds. The van der Waals surface area contributed by atoms with Crippen LogP contribution in [0, 0.1) is 5.92 Å². The third kappa shape index (κ3) is 3.97. The van der Waals surface area contributed by atoms with Gasteiger partial charge in [-0.2, -0.15) is 0 Å². The average molecular weight is 226 g/mol. The molecule has 3 nitrogen and oxygen atoms in total. The number of esters is 1. The zero-order valence-electron chi connectivity index (χ0n) is 10.3. The Morgan fingerprint density at radius 2 is 1.94 bits per heavy atom. The van der Waals surface area contributed by atoms with Crippen LogP contribution in [0.15, 0.2) is 12.2 Å². The fourth-order valence-corrected chi connectivity index (χ4v) is 1.97. The summed E-state index contributed by atoms with van der Waals surface area (Å²) in [7, 11) is 1.45. The molecule has 0 N–H and O–H groups in total. The number of rotatable bonds is 5. The van der Waals surface area contributed by atoms with E-state index in [9.17, 15) is 4.79 Å². The van der Waals surface area contributed by atoms with Crippen LogP contribution in [-0.2, 0) is 14.3 Å². The van der Waals surface area contributed by atoms with E-state index in [4.69, 9.17) is 9.47 Å². The van der Waals surface area contributed by atoms with Crippen molar-refractivity contribution in [1.29, 1.82) is 0 Å². The minimum Gasteiger partial charge on any atom is -0.469 e. The Bertz CT molecular complexity index is 240. The first-order chi connectivity index (χ1) is 7.67. The van der Waals surface area contributed by atoms with Crippen LogP contribution in [-0.4, -0.2) is 25.8 Å². The van der Waals surface area contributed by atoms with E-state index < -0.39 is 0 Å². The maximum absolute atomic E-state index is 11.3. The smallest absolute Gasteiger partial charge is 0.308 e. The van der Waals surface area contributed by atoms with Crippen molar-refractivity contribution >= 4 is 5.97 Å². The van der Waals surface area contributed by atoms with Crippen LogP contribution >= 0.6 is 0 Å². The van der Waals surface area contributed by atoms with Crippen molar-refractivity contribution in [3.63, 3.8) is 0 Å². The molecule has 1 aliphatic carbocycles. The van der Waals surface area contributed by atoms with Gasteiger partial charge in [-0.3, -0.25) is 4.79 Å². The molecule has 0 spiro atoms. The normalized spacial score (nSPS) is 25.1. The lowest BCUT2D eigenvalue weighted by Gasteiger charge is -2.27. The third-order valence-electron chi connectivity index (χ3n) is 3.23. The Labute approximate surface area is 97.8 Å². The monoisotopic (exact) mass is 226 g/mol. The molecule has 0 unspecified atom stereocenters. The summed E-state index contributed by atoms with van der Waals surface area (Å²) < 4.78 is 10.5.